The summed E-state index contributed by atoms with van der Waals surface area (Å²) in [5.74, 6) is 0.908. The highest BCUT2D eigenvalue weighted by Crippen LogP contribution is 2.30. The molecule has 0 fully saturated rings. The monoisotopic (exact) mass is 470 g/mol. The average Bonchev–Trinajstić information content (AvgIpc) is 3.24. The molecule has 3 rings (SSSR count). The molecule has 1 amide bonds. The first-order chi connectivity index (χ1) is 12.5. The Bertz CT molecular complexity index is 912. The van der Waals surface area contributed by atoms with Crippen LogP contribution < -0.4 is 5.32 Å². The predicted octanol–water partition coefficient (Wildman–Crippen LogP) is 5.73. The van der Waals surface area contributed by atoms with E-state index in [0.29, 0.717) is 10.7 Å². The van der Waals surface area contributed by atoms with Crippen molar-refractivity contribution in [2.24, 2.45) is 0 Å². The van der Waals surface area contributed by atoms with Crippen LogP contribution >= 0.6 is 50.6 Å². The number of amides is 1. The number of aromatic nitrogens is 3. The summed E-state index contributed by atoms with van der Waals surface area (Å²) in [7, 11) is 0. The number of thiophene rings is 1. The lowest BCUT2D eigenvalue weighted by molar-refractivity contribution is -0.113. The Morgan fingerprint density at radius 3 is 2.85 bits per heavy atom. The van der Waals surface area contributed by atoms with E-state index in [1.807, 2.05) is 23.6 Å². The standard InChI is InChI=1S/C17H16BrClN4OS2/c1-10(2)23-16(14-4-3-7-25-14)21-22-17(23)26-9-15(24)20-13-6-5-11(18)8-12(13)19/h3-8,10H,9H2,1-2H3,(H,20,24). The number of thioether (sulfide) groups is 1. The second-order valence-electron chi connectivity index (χ2n) is 5.71. The van der Waals surface area contributed by atoms with Crippen LogP contribution in [0, 0.1) is 0 Å². The summed E-state index contributed by atoms with van der Waals surface area (Å²) < 4.78 is 2.91. The van der Waals surface area contributed by atoms with E-state index in [9.17, 15) is 4.79 Å². The molecule has 0 radical (unpaired) electrons. The fourth-order valence-corrected chi connectivity index (χ4v) is 4.62. The first-order valence-electron chi connectivity index (χ1n) is 7.82. The van der Waals surface area contributed by atoms with Gasteiger partial charge in [0.2, 0.25) is 5.91 Å². The fraction of sp³-hybridized carbons (Fsp3) is 0.235. The van der Waals surface area contributed by atoms with Crippen molar-refractivity contribution in [2.45, 2.75) is 25.0 Å². The lowest BCUT2D eigenvalue weighted by Gasteiger charge is -2.13. The van der Waals surface area contributed by atoms with Crippen molar-refractivity contribution in [1.29, 1.82) is 0 Å². The minimum Gasteiger partial charge on any atom is -0.324 e. The van der Waals surface area contributed by atoms with Crippen molar-refractivity contribution in [3.8, 4) is 10.7 Å². The van der Waals surface area contributed by atoms with E-state index in [2.05, 4.69) is 49.9 Å². The Morgan fingerprint density at radius 2 is 2.19 bits per heavy atom. The number of nitrogens with zero attached hydrogens (tertiary/aromatic N) is 3. The third-order valence-electron chi connectivity index (χ3n) is 3.46. The van der Waals surface area contributed by atoms with Crippen LogP contribution in [-0.2, 0) is 4.79 Å². The molecular formula is C17H16BrClN4OS2. The quantitative estimate of drug-likeness (QED) is 0.466. The van der Waals surface area contributed by atoms with E-state index in [4.69, 9.17) is 11.6 Å². The van der Waals surface area contributed by atoms with Gasteiger partial charge in [-0.1, -0.05) is 45.4 Å². The highest BCUT2D eigenvalue weighted by atomic mass is 79.9. The second kappa shape index (κ2) is 8.56. The molecule has 0 aliphatic carbocycles. The molecule has 0 aliphatic heterocycles. The molecular weight excluding hydrogens is 456 g/mol. The molecule has 0 saturated carbocycles. The van der Waals surface area contributed by atoms with E-state index in [0.717, 1.165) is 20.3 Å². The molecule has 0 bridgehead atoms. The van der Waals surface area contributed by atoms with Crippen LogP contribution in [-0.4, -0.2) is 26.4 Å². The van der Waals surface area contributed by atoms with Gasteiger partial charge in [0.1, 0.15) is 0 Å². The molecule has 2 aromatic heterocycles. The smallest absolute Gasteiger partial charge is 0.234 e. The van der Waals surface area contributed by atoms with Gasteiger partial charge >= 0.3 is 0 Å². The van der Waals surface area contributed by atoms with Gasteiger partial charge in [0.15, 0.2) is 11.0 Å². The molecule has 0 aliphatic rings. The molecule has 3 aromatic rings. The van der Waals surface area contributed by atoms with Crippen LogP contribution in [0.3, 0.4) is 0 Å². The minimum atomic E-state index is -0.143. The summed E-state index contributed by atoms with van der Waals surface area (Å²) in [4.78, 5) is 13.3. The van der Waals surface area contributed by atoms with Gasteiger partial charge in [-0.25, -0.2) is 0 Å². The zero-order valence-corrected chi connectivity index (χ0v) is 18.0. The van der Waals surface area contributed by atoms with Crippen LogP contribution in [0.2, 0.25) is 5.02 Å². The van der Waals surface area contributed by atoms with Gasteiger partial charge in [-0.2, -0.15) is 0 Å². The molecule has 5 nitrogen and oxygen atoms in total. The maximum absolute atomic E-state index is 12.3. The van der Waals surface area contributed by atoms with Crippen molar-refractivity contribution in [1.82, 2.24) is 14.8 Å². The lowest BCUT2D eigenvalue weighted by atomic mass is 10.3. The summed E-state index contributed by atoms with van der Waals surface area (Å²) in [5, 5.41) is 14.6. The summed E-state index contributed by atoms with van der Waals surface area (Å²) in [6.07, 6.45) is 0. The lowest BCUT2D eigenvalue weighted by Crippen LogP contribution is -2.15. The summed E-state index contributed by atoms with van der Waals surface area (Å²) in [6.45, 7) is 4.15. The van der Waals surface area contributed by atoms with Crippen molar-refractivity contribution in [3.05, 3.63) is 45.2 Å². The van der Waals surface area contributed by atoms with E-state index < -0.39 is 0 Å². The van der Waals surface area contributed by atoms with Crippen LogP contribution in [0.1, 0.15) is 19.9 Å². The minimum absolute atomic E-state index is 0.143. The van der Waals surface area contributed by atoms with Crippen LogP contribution in [0.25, 0.3) is 10.7 Å². The number of benzene rings is 1. The average molecular weight is 472 g/mol. The Kier molecular flexibility index (Phi) is 6.39. The van der Waals surface area contributed by atoms with Crippen LogP contribution in [0.4, 0.5) is 5.69 Å². The van der Waals surface area contributed by atoms with E-state index in [-0.39, 0.29) is 17.7 Å². The molecule has 0 spiro atoms. The Labute approximate surface area is 173 Å². The molecule has 1 N–H and O–H groups in total. The van der Waals surface area contributed by atoms with E-state index in [1.165, 1.54) is 11.8 Å². The molecule has 26 heavy (non-hydrogen) atoms. The van der Waals surface area contributed by atoms with Crippen molar-refractivity contribution < 1.29 is 4.79 Å². The van der Waals surface area contributed by atoms with Gasteiger partial charge in [-0.15, -0.1) is 21.5 Å². The van der Waals surface area contributed by atoms with Crippen LogP contribution in [0.15, 0.2) is 45.3 Å². The third-order valence-corrected chi connectivity index (χ3v) is 6.07. The normalized spacial score (nSPS) is 11.1. The number of carbonyl (C=O) groups is 1. The number of carbonyl (C=O) groups excluding carboxylic acids is 1. The summed E-state index contributed by atoms with van der Waals surface area (Å²) in [6, 6.07) is 9.53. The Hall–Kier alpha value is -1.35. The second-order valence-corrected chi connectivity index (χ2v) is 8.92. The SMILES string of the molecule is CC(C)n1c(SCC(=O)Nc2ccc(Br)cc2Cl)nnc1-c1cccs1. The van der Waals surface area contributed by atoms with Crippen molar-refractivity contribution in [2.75, 3.05) is 11.1 Å². The van der Waals surface area contributed by atoms with Gasteiger partial charge in [0.05, 0.1) is 21.3 Å². The molecule has 1 aromatic carbocycles. The maximum atomic E-state index is 12.3. The molecule has 0 unspecified atom stereocenters. The van der Waals surface area contributed by atoms with Gasteiger partial charge in [-0.05, 0) is 43.5 Å². The Balaban J connectivity index is 1.70. The first kappa shape index (κ1) is 19.4. The summed E-state index contributed by atoms with van der Waals surface area (Å²) in [5.41, 5.74) is 0.588. The van der Waals surface area contributed by atoms with Gasteiger partial charge in [0, 0.05) is 10.5 Å². The number of nitrogens with one attached hydrogen (secondary N) is 1. The number of hydrogen-bond donors (Lipinski definition) is 1. The molecule has 0 atom stereocenters. The number of rotatable bonds is 6. The summed E-state index contributed by atoms with van der Waals surface area (Å²) >= 11 is 12.5. The van der Waals surface area contributed by atoms with E-state index >= 15 is 0 Å². The highest BCUT2D eigenvalue weighted by Gasteiger charge is 2.18. The number of halogens is 2. The third kappa shape index (κ3) is 4.49. The largest absolute Gasteiger partial charge is 0.324 e. The van der Waals surface area contributed by atoms with E-state index in [1.54, 1.807) is 23.5 Å². The number of hydrogen-bond acceptors (Lipinski definition) is 5. The Morgan fingerprint density at radius 1 is 1.38 bits per heavy atom. The maximum Gasteiger partial charge on any atom is 0.234 e. The van der Waals surface area contributed by atoms with Crippen molar-refractivity contribution in [3.63, 3.8) is 0 Å². The first-order valence-corrected chi connectivity index (χ1v) is 10.9. The molecule has 9 heteroatoms. The van der Waals surface area contributed by atoms with Crippen LogP contribution in [0.5, 0.6) is 0 Å². The fourth-order valence-electron chi connectivity index (χ4n) is 2.32. The highest BCUT2D eigenvalue weighted by molar-refractivity contribution is 9.10. The number of anilines is 1. The molecule has 2 heterocycles. The zero-order valence-electron chi connectivity index (χ0n) is 14.1. The predicted molar refractivity (Wildman–Crippen MR) is 112 cm³/mol. The molecule has 136 valence electrons. The van der Waals surface area contributed by atoms with Gasteiger partial charge in [-0.3, -0.25) is 9.36 Å². The topological polar surface area (TPSA) is 59.8 Å². The van der Waals surface area contributed by atoms with Crippen molar-refractivity contribution >= 4 is 62.2 Å². The molecule has 0 saturated heterocycles. The van der Waals surface area contributed by atoms with Gasteiger partial charge in [0.25, 0.3) is 0 Å². The zero-order chi connectivity index (χ0) is 18.7. The van der Waals surface area contributed by atoms with Gasteiger partial charge < -0.3 is 5.32 Å².